The third kappa shape index (κ3) is 10.3. The Morgan fingerprint density at radius 3 is 2.35 bits per heavy atom. The molecule has 0 saturated heterocycles. The zero-order chi connectivity index (χ0) is 13.1. The number of rotatable bonds is 10. The molecule has 102 valence electrons. The predicted octanol–water partition coefficient (Wildman–Crippen LogP) is 4.15. The van der Waals surface area contributed by atoms with E-state index in [9.17, 15) is 4.79 Å². The Morgan fingerprint density at radius 2 is 1.82 bits per heavy atom. The average molecular weight is 241 g/mol. The van der Waals surface area contributed by atoms with E-state index in [1.54, 1.807) is 0 Å². The number of amides is 1. The van der Waals surface area contributed by atoms with Crippen molar-refractivity contribution in [3.63, 3.8) is 0 Å². The van der Waals surface area contributed by atoms with E-state index in [-0.39, 0.29) is 5.91 Å². The van der Waals surface area contributed by atoms with E-state index in [2.05, 4.69) is 33.0 Å². The first-order valence-electron chi connectivity index (χ1n) is 7.36. The van der Waals surface area contributed by atoms with E-state index >= 15 is 0 Å². The maximum Gasteiger partial charge on any atom is 0.220 e. The zero-order valence-electron chi connectivity index (χ0n) is 12.2. The van der Waals surface area contributed by atoms with Crippen molar-refractivity contribution in [3.8, 4) is 0 Å². The van der Waals surface area contributed by atoms with Crippen LogP contribution in [0.1, 0.15) is 72.6 Å². The molecule has 0 aromatic rings. The van der Waals surface area contributed by atoms with Crippen LogP contribution in [0.2, 0.25) is 0 Å². The Balaban J connectivity index is 3.59. The van der Waals surface area contributed by atoms with Gasteiger partial charge in [-0.3, -0.25) is 4.79 Å². The molecule has 0 saturated carbocycles. The molecule has 0 spiro atoms. The maximum atomic E-state index is 11.6. The molecule has 0 bridgehead atoms. The molecule has 1 N–H and O–H groups in total. The van der Waals surface area contributed by atoms with Gasteiger partial charge in [-0.05, 0) is 24.7 Å². The van der Waals surface area contributed by atoms with Gasteiger partial charge in [0.2, 0.25) is 5.91 Å². The number of unbranched alkanes of at least 4 members (excludes halogenated alkanes) is 3. The minimum atomic E-state index is 0.239. The summed E-state index contributed by atoms with van der Waals surface area (Å²) in [7, 11) is 0. The predicted molar refractivity (Wildman–Crippen MR) is 75.0 cm³/mol. The second-order valence-corrected chi connectivity index (χ2v) is 5.52. The van der Waals surface area contributed by atoms with Crippen molar-refractivity contribution in [1.29, 1.82) is 0 Å². The lowest BCUT2D eigenvalue weighted by molar-refractivity contribution is -0.121. The first-order valence-corrected chi connectivity index (χ1v) is 7.36. The molecule has 2 nitrogen and oxygen atoms in total. The summed E-state index contributed by atoms with van der Waals surface area (Å²) in [5.41, 5.74) is 0. The fraction of sp³-hybridized carbons (Fsp3) is 0.933. The molecule has 0 unspecified atom stereocenters. The highest BCUT2D eigenvalue weighted by Crippen LogP contribution is 2.14. The summed E-state index contributed by atoms with van der Waals surface area (Å²) < 4.78 is 0. The van der Waals surface area contributed by atoms with Gasteiger partial charge in [-0.1, -0.05) is 53.4 Å². The van der Waals surface area contributed by atoms with Crippen LogP contribution in [-0.2, 0) is 4.79 Å². The van der Waals surface area contributed by atoms with Crippen LogP contribution in [0.5, 0.6) is 0 Å². The van der Waals surface area contributed by atoms with Gasteiger partial charge in [-0.15, -0.1) is 0 Å². The van der Waals surface area contributed by atoms with E-state index < -0.39 is 0 Å². The van der Waals surface area contributed by atoms with E-state index in [1.807, 2.05) is 0 Å². The minimum absolute atomic E-state index is 0.239. The van der Waals surface area contributed by atoms with Crippen LogP contribution in [0.15, 0.2) is 0 Å². The Bertz CT molecular complexity index is 189. The summed E-state index contributed by atoms with van der Waals surface area (Å²) in [5.74, 6) is 1.61. The molecular formula is C15H31NO. The van der Waals surface area contributed by atoms with Crippen LogP contribution >= 0.6 is 0 Å². The van der Waals surface area contributed by atoms with Crippen molar-refractivity contribution in [2.45, 2.75) is 72.6 Å². The third-order valence-electron chi connectivity index (χ3n) is 3.23. The fourth-order valence-corrected chi connectivity index (χ4v) is 2.12. The third-order valence-corrected chi connectivity index (χ3v) is 3.23. The van der Waals surface area contributed by atoms with E-state index in [0.717, 1.165) is 25.3 Å². The number of hydrogen-bond acceptors (Lipinski definition) is 1. The SMILES string of the molecule is CCCCCCC(=O)NC[C@H](CC)CC(C)C. The molecule has 0 aromatic carbocycles. The molecule has 0 aliphatic rings. The van der Waals surface area contributed by atoms with Crippen LogP contribution in [0, 0.1) is 11.8 Å². The van der Waals surface area contributed by atoms with Crippen LogP contribution in [0.4, 0.5) is 0 Å². The van der Waals surface area contributed by atoms with Crippen LogP contribution in [0.25, 0.3) is 0 Å². The molecule has 2 heteroatoms. The van der Waals surface area contributed by atoms with Gasteiger partial charge in [-0.2, -0.15) is 0 Å². The first kappa shape index (κ1) is 16.5. The van der Waals surface area contributed by atoms with Crippen LogP contribution in [-0.4, -0.2) is 12.5 Å². The minimum Gasteiger partial charge on any atom is -0.356 e. The van der Waals surface area contributed by atoms with Gasteiger partial charge in [0.05, 0.1) is 0 Å². The summed E-state index contributed by atoms with van der Waals surface area (Å²) >= 11 is 0. The molecule has 0 rings (SSSR count). The molecule has 0 aromatic heterocycles. The average Bonchev–Trinajstić information content (AvgIpc) is 2.29. The Kier molecular flexibility index (Phi) is 10.3. The Hall–Kier alpha value is -0.530. The standard InChI is InChI=1S/C15H31NO/c1-5-7-8-9-10-15(17)16-12-14(6-2)11-13(3)4/h13-14H,5-12H2,1-4H3,(H,16,17)/t14-/m1/s1. The van der Waals surface area contributed by atoms with Gasteiger partial charge in [0.15, 0.2) is 0 Å². The maximum absolute atomic E-state index is 11.6. The van der Waals surface area contributed by atoms with Crippen LogP contribution < -0.4 is 5.32 Å². The summed E-state index contributed by atoms with van der Waals surface area (Å²) in [5, 5.41) is 3.08. The summed E-state index contributed by atoms with van der Waals surface area (Å²) in [4.78, 5) is 11.6. The van der Waals surface area contributed by atoms with Gasteiger partial charge < -0.3 is 5.32 Å². The largest absolute Gasteiger partial charge is 0.356 e. The number of carbonyl (C=O) groups excluding carboxylic acids is 1. The summed E-state index contributed by atoms with van der Waals surface area (Å²) in [6.07, 6.45) is 7.79. The van der Waals surface area contributed by atoms with E-state index in [1.165, 1.54) is 25.7 Å². The topological polar surface area (TPSA) is 29.1 Å². The first-order chi connectivity index (χ1) is 8.10. The molecule has 0 aliphatic heterocycles. The van der Waals surface area contributed by atoms with Crippen molar-refractivity contribution < 1.29 is 4.79 Å². The highest BCUT2D eigenvalue weighted by molar-refractivity contribution is 5.75. The van der Waals surface area contributed by atoms with Crippen molar-refractivity contribution in [2.75, 3.05) is 6.54 Å². The van der Waals surface area contributed by atoms with Crippen molar-refractivity contribution in [3.05, 3.63) is 0 Å². The van der Waals surface area contributed by atoms with Crippen LogP contribution in [0.3, 0.4) is 0 Å². The lowest BCUT2D eigenvalue weighted by Gasteiger charge is -2.17. The van der Waals surface area contributed by atoms with Crippen molar-refractivity contribution in [2.24, 2.45) is 11.8 Å². The number of nitrogens with one attached hydrogen (secondary N) is 1. The quantitative estimate of drug-likeness (QED) is 0.572. The van der Waals surface area contributed by atoms with Gasteiger partial charge in [0.1, 0.15) is 0 Å². The molecule has 1 atom stereocenters. The van der Waals surface area contributed by atoms with E-state index in [0.29, 0.717) is 12.3 Å². The van der Waals surface area contributed by atoms with Gasteiger partial charge in [0, 0.05) is 13.0 Å². The lowest BCUT2D eigenvalue weighted by Crippen LogP contribution is -2.29. The molecule has 17 heavy (non-hydrogen) atoms. The summed E-state index contributed by atoms with van der Waals surface area (Å²) in [6.45, 7) is 9.75. The van der Waals surface area contributed by atoms with Gasteiger partial charge >= 0.3 is 0 Å². The molecule has 0 heterocycles. The highest BCUT2D eigenvalue weighted by Gasteiger charge is 2.10. The zero-order valence-corrected chi connectivity index (χ0v) is 12.2. The number of carbonyl (C=O) groups is 1. The van der Waals surface area contributed by atoms with Gasteiger partial charge in [0.25, 0.3) is 0 Å². The van der Waals surface area contributed by atoms with Crippen molar-refractivity contribution in [1.82, 2.24) is 5.32 Å². The monoisotopic (exact) mass is 241 g/mol. The normalized spacial score (nSPS) is 12.8. The number of hydrogen-bond donors (Lipinski definition) is 1. The fourth-order valence-electron chi connectivity index (χ4n) is 2.12. The molecule has 0 fully saturated rings. The second-order valence-electron chi connectivity index (χ2n) is 5.52. The molecular weight excluding hydrogens is 210 g/mol. The molecule has 0 aliphatic carbocycles. The van der Waals surface area contributed by atoms with E-state index in [4.69, 9.17) is 0 Å². The van der Waals surface area contributed by atoms with Gasteiger partial charge in [-0.25, -0.2) is 0 Å². The second kappa shape index (κ2) is 10.6. The lowest BCUT2D eigenvalue weighted by atomic mass is 9.95. The molecule has 1 amide bonds. The molecule has 0 radical (unpaired) electrons. The Labute approximate surface area is 108 Å². The van der Waals surface area contributed by atoms with Crippen molar-refractivity contribution >= 4 is 5.91 Å². The smallest absolute Gasteiger partial charge is 0.220 e. The Morgan fingerprint density at radius 1 is 1.12 bits per heavy atom. The summed E-state index contributed by atoms with van der Waals surface area (Å²) in [6, 6.07) is 0. The highest BCUT2D eigenvalue weighted by atomic mass is 16.1.